The van der Waals surface area contributed by atoms with Gasteiger partial charge in [-0.05, 0) is 110 Å². The van der Waals surface area contributed by atoms with E-state index in [2.05, 4.69) is 23.5 Å². The zero-order valence-corrected chi connectivity index (χ0v) is 37.1. The molecule has 9 N–H and O–H groups in total. The van der Waals surface area contributed by atoms with E-state index in [1.54, 1.807) is 13.0 Å². The number of nitrogens with one attached hydrogen (secondary N) is 1. The van der Waals surface area contributed by atoms with Crippen LogP contribution in [0.4, 0.5) is 0 Å². The first-order chi connectivity index (χ1) is 30.6. The Kier molecular flexibility index (Phi) is 15.4. The number of nitrogens with zero attached hydrogens (tertiary/aromatic N) is 1. The molecule has 342 valence electrons. The summed E-state index contributed by atoms with van der Waals surface area (Å²) in [5.74, 6) is 2.71. The summed E-state index contributed by atoms with van der Waals surface area (Å²) in [7, 11) is 0. The molecule has 2 aromatic carbocycles. The van der Waals surface area contributed by atoms with Crippen LogP contribution in [-0.2, 0) is 17.8 Å². The van der Waals surface area contributed by atoms with Crippen molar-refractivity contribution in [3.05, 3.63) is 100 Å². The number of ether oxygens (including phenoxy) is 2. The van der Waals surface area contributed by atoms with Gasteiger partial charge in [-0.25, -0.2) is 0 Å². The summed E-state index contributed by atoms with van der Waals surface area (Å²) in [5.41, 5.74) is 13.7. The number of aliphatic imine (C=N–C) groups is 1. The number of aromatic hydroxyl groups is 1. The maximum atomic E-state index is 11.3. The first kappa shape index (κ1) is 45.9. The molecule has 3 fully saturated rings. The normalized spacial score (nSPS) is 30.0. The van der Waals surface area contributed by atoms with Crippen molar-refractivity contribution in [2.75, 3.05) is 26.3 Å². The number of unbranched alkanes of at least 4 members (excludes halogenated alkanes) is 1. The highest BCUT2D eigenvalue weighted by atomic mass is 16.5. The molecule has 0 radical (unpaired) electrons. The molecule has 2 aromatic rings. The number of fused-ring (bicyclic) bond motifs is 3. The van der Waals surface area contributed by atoms with Crippen LogP contribution in [0.3, 0.4) is 0 Å². The fourth-order valence-corrected chi connectivity index (χ4v) is 11.7. The Balaban J connectivity index is 0.764. The number of aliphatic hydroxyl groups excluding tert-OH is 5. The van der Waals surface area contributed by atoms with Crippen LogP contribution in [0.15, 0.2) is 70.8 Å². The molecule has 11 heteroatoms. The van der Waals surface area contributed by atoms with Crippen LogP contribution >= 0.6 is 0 Å². The lowest BCUT2D eigenvalue weighted by Gasteiger charge is -2.41. The SMILES string of the molecule is CC(O)CNCC1C2=C[C+](C(O)COc3cc(CC[C-]4C=C(CO)C(CCCCC5CCC(C6C=Cc7cc(CO)ccc7C6O)C(N)C5)O4)ccc3O)N=C2CCC2CCCC21. The van der Waals surface area contributed by atoms with Gasteiger partial charge >= 0.3 is 0 Å². The molecule has 2 heterocycles. The molecule has 11 unspecified atom stereocenters. The number of benzene rings is 2. The molecule has 11 nitrogen and oxygen atoms in total. The average Bonchev–Trinajstić information content (AvgIpc) is 4.02. The minimum Gasteiger partial charge on any atom is -0.504 e. The second-order valence-electron chi connectivity index (χ2n) is 19.5. The zero-order chi connectivity index (χ0) is 44.0. The molecular weight excluding hydrogens is 795 g/mol. The molecule has 4 aliphatic carbocycles. The Bertz CT molecular complexity index is 1980. The van der Waals surface area contributed by atoms with E-state index in [0.717, 1.165) is 104 Å². The number of hydrogen-bond donors (Lipinski definition) is 8. The van der Waals surface area contributed by atoms with Gasteiger partial charge in [0.1, 0.15) is 12.2 Å². The molecule has 6 aliphatic rings. The van der Waals surface area contributed by atoms with Crippen molar-refractivity contribution in [2.45, 2.75) is 134 Å². The van der Waals surface area contributed by atoms with Crippen molar-refractivity contribution < 1.29 is 40.1 Å². The van der Waals surface area contributed by atoms with E-state index in [0.29, 0.717) is 54.8 Å². The minimum absolute atomic E-state index is 0.000206. The van der Waals surface area contributed by atoms with Gasteiger partial charge in [-0.15, -0.1) is 4.99 Å². The fraction of sp³-hybridized carbons (Fsp3) is 0.596. The zero-order valence-electron chi connectivity index (χ0n) is 37.1. The summed E-state index contributed by atoms with van der Waals surface area (Å²) in [4.78, 5) is 4.92. The predicted octanol–water partition coefficient (Wildman–Crippen LogP) is 6.80. The van der Waals surface area contributed by atoms with E-state index in [4.69, 9.17) is 20.2 Å². The van der Waals surface area contributed by atoms with Gasteiger partial charge in [0.15, 0.2) is 29.4 Å². The summed E-state index contributed by atoms with van der Waals surface area (Å²) in [6.45, 7) is 3.05. The Labute approximate surface area is 374 Å². The molecular formula is C52H71N3O8. The Hall–Kier alpha value is -3.65. The third-order valence-corrected chi connectivity index (χ3v) is 15.2. The summed E-state index contributed by atoms with van der Waals surface area (Å²) in [5, 5.41) is 66.3. The second-order valence-corrected chi connectivity index (χ2v) is 19.5. The molecule has 2 aliphatic heterocycles. The van der Waals surface area contributed by atoms with Crippen molar-refractivity contribution in [3.63, 3.8) is 0 Å². The monoisotopic (exact) mass is 866 g/mol. The van der Waals surface area contributed by atoms with E-state index >= 15 is 0 Å². The van der Waals surface area contributed by atoms with Gasteiger partial charge in [-0.2, -0.15) is 11.6 Å². The van der Waals surface area contributed by atoms with E-state index in [1.807, 2.05) is 36.4 Å². The Morgan fingerprint density at radius 3 is 2.65 bits per heavy atom. The molecule has 0 saturated heterocycles. The lowest BCUT2D eigenvalue weighted by molar-refractivity contribution is 0.0648. The summed E-state index contributed by atoms with van der Waals surface area (Å²) < 4.78 is 12.4. The highest BCUT2D eigenvalue weighted by Crippen LogP contribution is 2.48. The molecule has 0 aromatic heterocycles. The topological polar surface area (TPSA) is 190 Å². The highest BCUT2D eigenvalue weighted by Gasteiger charge is 2.47. The number of nitrogens with two attached hydrogens (primary N) is 1. The highest BCUT2D eigenvalue weighted by molar-refractivity contribution is 6.04. The van der Waals surface area contributed by atoms with Crippen LogP contribution in [-0.4, -0.2) is 87.0 Å². The van der Waals surface area contributed by atoms with E-state index in [9.17, 15) is 30.6 Å². The predicted molar refractivity (Wildman–Crippen MR) is 245 cm³/mol. The Morgan fingerprint density at radius 1 is 1.00 bits per heavy atom. The van der Waals surface area contributed by atoms with Crippen molar-refractivity contribution >= 4 is 11.8 Å². The van der Waals surface area contributed by atoms with Gasteiger partial charge in [0.25, 0.3) is 0 Å². The molecule has 0 amide bonds. The van der Waals surface area contributed by atoms with Crippen LogP contribution in [0.5, 0.6) is 11.5 Å². The minimum atomic E-state index is -0.944. The van der Waals surface area contributed by atoms with E-state index in [-0.39, 0.29) is 49.6 Å². The maximum Gasteiger partial charge on any atom is 0.189 e. The van der Waals surface area contributed by atoms with Gasteiger partial charge in [-0.3, -0.25) is 0 Å². The second kappa shape index (κ2) is 21.1. The summed E-state index contributed by atoms with van der Waals surface area (Å²) in [6.07, 6.45) is 21.2. The van der Waals surface area contributed by atoms with Crippen LogP contribution in [0, 0.1) is 47.7 Å². The van der Waals surface area contributed by atoms with Crippen LogP contribution in [0.25, 0.3) is 6.08 Å². The number of hydrogen-bond acceptors (Lipinski definition) is 11. The third-order valence-electron chi connectivity index (χ3n) is 15.2. The lowest BCUT2D eigenvalue weighted by atomic mass is 9.68. The van der Waals surface area contributed by atoms with Gasteiger partial charge in [0.05, 0.1) is 30.8 Å². The summed E-state index contributed by atoms with van der Waals surface area (Å²) in [6, 6.07) is 11.8. The number of aliphatic hydroxyl groups is 5. The van der Waals surface area contributed by atoms with Crippen molar-refractivity contribution in [1.82, 2.24) is 5.32 Å². The van der Waals surface area contributed by atoms with Crippen molar-refractivity contribution in [1.29, 1.82) is 0 Å². The van der Waals surface area contributed by atoms with E-state index in [1.165, 1.54) is 24.8 Å². The first-order valence-electron chi connectivity index (χ1n) is 24.0. The molecule has 8 rings (SSSR count). The lowest BCUT2D eigenvalue weighted by Crippen LogP contribution is -2.42. The number of rotatable bonds is 19. The van der Waals surface area contributed by atoms with Crippen molar-refractivity contribution in [2.24, 2.45) is 46.2 Å². The molecule has 11 atom stereocenters. The third kappa shape index (κ3) is 10.9. The van der Waals surface area contributed by atoms with Crippen LogP contribution < -0.4 is 15.8 Å². The maximum absolute atomic E-state index is 11.3. The standard InChI is InChI=1S/C52H71N3O8/c1-31(58)26-54-27-44-39-7-4-6-35(39)14-19-46-43(44)25-47(55-46)49(60)30-62-51-23-33(12-20-48(51)59)9-15-38-24-37(29-57)50(63-38)8-3-2-5-32-10-17-41(45(53)22-32)42-18-13-36-21-34(28-56)11-16-40(36)52(42)61/h11-13,16,18,20-21,23-25,31-32,35,39,41-42,44-45,49-50,52,54,56-61H,2-10,14-15,17,19,22,26-30,53H2,1H3. The molecule has 63 heavy (non-hydrogen) atoms. The molecule has 0 bridgehead atoms. The average molecular weight is 866 g/mol. The Morgan fingerprint density at radius 2 is 1.84 bits per heavy atom. The van der Waals surface area contributed by atoms with Crippen LogP contribution in [0.1, 0.15) is 119 Å². The largest absolute Gasteiger partial charge is 0.504 e. The van der Waals surface area contributed by atoms with Gasteiger partial charge in [0, 0.05) is 44.2 Å². The summed E-state index contributed by atoms with van der Waals surface area (Å²) >= 11 is 0. The van der Waals surface area contributed by atoms with Gasteiger partial charge < -0.3 is 51.2 Å². The number of phenolic OH excluding ortho intramolecular Hbond substituents is 1. The first-order valence-corrected chi connectivity index (χ1v) is 24.0. The molecule has 0 spiro atoms. The van der Waals surface area contributed by atoms with Gasteiger partial charge in [-0.1, -0.05) is 81.4 Å². The van der Waals surface area contributed by atoms with Crippen molar-refractivity contribution in [3.8, 4) is 11.5 Å². The smallest absolute Gasteiger partial charge is 0.189 e. The van der Waals surface area contributed by atoms with Gasteiger partial charge in [0.2, 0.25) is 0 Å². The van der Waals surface area contributed by atoms with Crippen LogP contribution in [0.2, 0.25) is 0 Å². The number of phenols is 1. The molecule has 3 saturated carbocycles. The fourth-order valence-electron chi connectivity index (χ4n) is 11.7. The number of aryl methyl sites for hydroxylation is 1. The quantitative estimate of drug-likeness (QED) is 0.0551. The van der Waals surface area contributed by atoms with E-state index < -0.39 is 18.3 Å².